The van der Waals surface area contributed by atoms with Crippen molar-refractivity contribution < 1.29 is 18.0 Å². The summed E-state index contributed by atoms with van der Waals surface area (Å²) in [5.41, 5.74) is 3.22. The van der Waals surface area contributed by atoms with Gasteiger partial charge in [-0.1, -0.05) is 78.9 Å². The largest absolute Gasteiger partial charge is 0.352 e. The molecule has 1 N–H and O–H groups in total. The summed E-state index contributed by atoms with van der Waals surface area (Å²) in [7, 11) is -4.14. The summed E-state index contributed by atoms with van der Waals surface area (Å²) in [6.07, 6.45) is 4.39. The Labute approximate surface area is 248 Å². The molecule has 7 nitrogen and oxygen atoms in total. The molecule has 1 atom stereocenters. The molecule has 0 heterocycles. The number of rotatable bonds is 11. The molecule has 0 aromatic heterocycles. The Morgan fingerprint density at radius 3 is 2.22 bits per heavy atom. The second-order valence-electron chi connectivity index (χ2n) is 10.7. The van der Waals surface area contributed by atoms with Crippen LogP contribution in [0.2, 0.25) is 5.02 Å². The third kappa shape index (κ3) is 7.68. The first kappa shape index (κ1) is 30.6. The van der Waals surface area contributed by atoms with Crippen molar-refractivity contribution in [1.82, 2.24) is 10.2 Å². The average Bonchev–Trinajstić information content (AvgIpc) is 3.45. The Balaban J connectivity index is 1.71. The Morgan fingerprint density at radius 2 is 1.61 bits per heavy atom. The summed E-state index contributed by atoms with van der Waals surface area (Å²) in [5, 5.41) is 3.55. The molecule has 0 saturated heterocycles. The zero-order valence-electron chi connectivity index (χ0n) is 23.8. The number of hydrogen-bond donors (Lipinski definition) is 1. The Bertz CT molecular complexity index is 1450. The molecule has 9 heteroatoms. The zero-order valence-corrected chi connectivity index (χ0v) is 25.4. The van der Waals surface area contributed by atoms with Gasteiger partial charge in [0.25, 0.3) is 10.0 Å². The molecule has 1 aliphatic carbocycles. The maximum atomic E-state index is 14.2. The molecule has 0 bridgehead atoms. The van der Waals surface area contributed by atoms with Crippen molar-refractivity contribution in [2.24, 2.45) is 0 Å². The van der Waals surface area contributed by atoms with Crippen LogP contribution in [0.3, 0.4) is 0 Å². The predicted molar refractivity (Wildman–Crippen MR) is 163 cm³/mol. The molecular weight excluding hydrogens is 558 g/mol. The maximum absolute atomic E-state index is 14.2. The molecule has 1 fully saturated rings. The number of anilines is 1. The van der Waals surface area contributed by atoms with Gasteiger partial charge in [0.1, 0.15) is 12.6 Å². The molecule has 0 unspecified atom stereocenters. The Morgan fingerprint density at radius 1 is 0.951 bits per heavy atom. The van der Waals surface area contributed by atoms with Crippen molar-refractivity contribution in [3.63, 3.8) is 0 Å². The van der Waals surface area contributed by atoms with Crippen LogP contribution in [-0.2, 0) is 26.2 Å². The fraction of sp³-hybridized carbons (Fsp3) is 0.375. The minimum Gasteiger partial charge on any atom is -0.352 e. The summed E-state index contributed by atoms with van der Waals surface area (Å²) in [6.45, 7) is 5.47. The van der Waals surface area contributed by atoms with Gasteiger partial charge in [-0.2, -0.15) is 0 Å². The summed E-state index contributed by atoms with van der Waals surface area (Å²) in [5.74, 6) is -0.666. The molecule has 2 amide bonds. The van der Waals surface area contributed by atoms with Gasteiger partial charge in [0.05, 0.1) is 10.6 Å². The average molecular weight is 596 g/mol. The van der Waals surface area contributed by atoms with Crippen molar-refractivity contribution in [1.29, 1.82) is 0 Å². The normalized spacial score (nSPS) is 14.4. The van der Waals surface area contributed by atoms with E-state index in [1.54, 1.807) is 24.3 Å². The first-order valence-corrected chi connectivity index (χ1v) is 15.9. The van der Waals surface area contributed by atoms with E-state index in [4.69, 9.17) is 11.6 Å². The van der Waals surface area contributed by atoms with E-state index in [-0.39, 0.29) is 23.4 Å². The lowest BCUT2D eigenvalue weighted by atomic mass is 10.1. The molecule has 41 heavy (non-hydrogen) atoms. The SMILES string of the molecule is CC[C@@H](C(=O)NC1CCCC1)N(Cc1cccc(C)c1)C(=O)CN(c1ccc(C)cc1)S(=O)(=O)c1ccc(Cl)cc1. The number of carbonyl (C=O) groups excluding carboxylic acids is 2. The van der Waals surface area contributed by atoms with E-state index < -0.39 is 28.5 Å². The van der Waals surface area contributed by atoms with Crippen LogP contribution in [0.25, 0.3) is 0 Å². The number of benzene rings is 3. The first-order chi connectivity index (χ1) is 19.6. The van der Waals surface area contributed by atoms with E-state index in [9.17, 15) is 18.0 Å². The maximum Gasteiger partial charge on any atom is 0.264 e. The van der Waals surface area contributed by atoms with Crippen LogP contribution < -0.4 is 9.62 Å². The fourth-order valence-electron chi connectivity index (χ4n) is 5.27. The minimum atomic E-state index is -4.14. The van der Waals surface area contributed by atoms with Gasteiger partial charge in [-0.15, -0.1) is 0 Å². The van der Waals surface area contributed by atoms with Crippen LogP contribution in [0.1, 0.15) is 55.7 Å². The summed E-state index contributed by atoms with van der Waals surface area (Å²) < 4.78 is 29.0. The van der Waals surface area contributed by atoms with Crippen LogP contribution in [-0.4, -0.2) is 43.8 Å². The van der Waals surface area contributed by atoms with E-state index in [1.807, 2.05) is 45.0 Å². The van der Waals surface area contributed by atoms with Crippen molar-refractivity contribution in [2.75, 3.05) is 10.8 Å². The van der Waals surface area contributed by atoms with E-state index in [2.05, 4.69) is 5.32 Å². The van der Waals surface area contributed by atoms with Gasteiger partial charge in [-0.3, -0.25) is 13.9 Å². The number of sulfonamides is 1. The predicted octanol–water partition coefficient (Wildman–Crippen LogP) is 6.02. The molecular formula is C32H38ClN3O4S. The monoisotopic (exact) mass is 595 g/mol. The van der Waals surface area contributed by atoms with Gasteiger partial charge in [0.2, 0.25) is 11.8 Å². The smallest absolute Gasteiger partial charge is 0.264 e. The summed E-state index contributed by atoms with van der Waals surface area (Å²) >= 11 is 6.02. The van der Waals surface area contributed by atoms with Gasteiger partial charge in [0.15, 0.2) is 0 Å². The highest BCUT2D eigenvalue weighted by molar-refractivity contribution is 7.92. The minimum absolute atomic E-state index is 0.0199. The highest BCUT2D eigenvalue weighted by Gasteiger charge is 2.34. The van der Waals surface area contributed by atoms with Gasteiger partial charge >= 0.3 is 0 Å². The Kier molecular flexibility index (Phi) is 10.1. The molecule has 4 rings (SSSR count). The second-order valence-corrected chi connectivity index (χ2v) is 13.0. The highest BCUT2D eigenvalue weighted by atomic mass is 35.5. The summed E-state index contributed by atoms with van der Waals surface area (Å²) in [4.78, 5) is 29.2. The van der Waals surface area contributed by atoms with Crippen molar-refractivity contribution in [2.45, 2.75) is 76.4 Å². The van der Waals surface area contributed by atoms with E-state index in [1.165, 1.54) is 29.2 Å². The molecule has 1 saturated carbocycles. The summed E-state index contributed by atoms with van der Waals surface area (Å²) in [6, 6.07) is 20.0. The first-order valence-electron chi connectivity index (χ1n) is 14.1. The van der Waals surface area contributed by atoms with Crippen molar-refractivity contribution >= 4 is 39.1 Å². The molecule has 3 aromatic carbocycles. The molecule has 0 aliphatic heterocycles. The van der Waals surface area contributed by atoms with Crippen LogP contribution in [0.4, 0.5) is 5.69 Å². The van der Waals surface area contributed by atoms with Gasteiger partial charge in [-0.05, 0) is 75.1 Å². The third-order valence-electron chi connectivity index (χ3n) is 7.53. The Hall–Kier alpha value is -3.36. The molecule has 0 spiro atoms. The molecule has 218 valence electrons. The number of halogens is 1. The number of aryl methyl sites for hydroxylation is 2. The van der Waals surface area contributed by atoms with Crippen LogP contribution in [0.15, 0.2) is 77.7 Å². The van der Waals surface area contributed by atoms with Gasteiger partial charge in [0, 0.05) is 17.6 Å². The van der Waals surface area contributed by atoms with Gasteiger partial charge < -0.3 is 10.2 Å². The highest BCUT2D eigenvalue weighted by Crippen LogP contribution is 2.26. The lowest BCUT2D eigenvalue weighted by Crippen LogP contribution is -2.53. The van der Waals surface area contributed by atoms with Crippen LogP contribution in [0.5, 0.6) is 0 Å². The molecule has 3 aromatic rings. The number of carbonyl (C=O) groups is 2. The topological polar surface area (TPSA) is 86.8 Å². The van der Waals surface area contributed by atoms with E-state index in [0.29, 0.717) is 17.1 Å². The lowest BCUT2D eigenvalue weighted by molar-refractivity contribution is -0.140. The third-order valence-corrected chi connectivity index (χ3v) is 9.57. The van der Waals surface area contributed by atoms with Crippen molar-refractivity contribution in [3.8, 4) is 0 Å². The molecule has 0 radical (unpaired) electrons. The van der Waals surface area contributed by atoms with Crippen LogP contribution in [0, 0.1) is 13.8 Å². The molecule has 1 aliphatic rings. The number of hydrogen-bond acceptors (Lipinski definition) is 4. The second kappa shape index (κ2) is 13.5. The number of nitrogens with one attached hydrogen (secondary N) is 1. The van der Waals surface area contributed by atoms with Crippen LogP contribution >= 0.6 is 11.6 Å². The lowest BCUT2D eigenvalue weighted by Gasteiger charge is -2.34. The number of nitrogens with zero attached hydrogens (tertiary/aromatic N) is 2. The van der Waals surface area contributed by atoms with Crippen molar-refractivity contribution in [3.05, 3.63) is 94.5 Å². The number of amides is 2. The van der Waals surface area contributed by atoms with Gasteiger partial charge in [-0.25, -0.2) is 8.42 Å². The zero-order chi connectivity index (χ0) is 29.6. The van der Waals surface area contributed by atoms with E-state index >= 15 is 0 Å². The standard InChI is InChI=1S/C32H38ClN3O4S/c1-4-30(32(38)34-27-10-5-6-11-27)35(21-25-9-7-8-24(3)20-25)31(37)22-36(28-16-12-23(2)13-17-28)41(39,40)29-18-14-26(33)15-19-29/h7-9,12-20,27,30H,4-6,10-11,21-22H2,1-3H3,(H,34,38)/t30-/m0/s1. The fourth-order valence-corrected chi connectivity index (χ4v) is 6.81. The quantitative estimate of drug-likeness (QED) is 0.294. The van der Waals surface area contributed by atoms with E-state index in [0.717, 1.165) is 46.7 Å².